The van der Waals surface area contributed by atoms with E-state index in [1.165, 1.54) is 85.8 Å². The number of benzene rings is 3. The second-order valence-corrected chi connectivity index (χ2v) is 7.38. The van der Waals surface area contributed by atoms with Crippen molar-refractivity contribution in [1.29, 1.82) is 0 Å². The first-order valence-corrected chi connectivity index (χ1v) is 10.3. The zero-order valence-corrected chi connectivity index (χ0v) is 15.8. The first-order valence-electron chi connectivity index (χ1n) is 10.3. The van der Waals surface area contributed by atoms with E-state index in [4.69, 9.17) is 0 Å². The van der Waals surface area contributed by atoms with Crippen molar-refractivity contribution in [3.05, 3.63) is 60.2 Å². The maximum Gasteiger partial charge on any atom is -0.0146 e. The van der Waals surface area contributed by atoms with E-state index in [0.29, 0.717) is 0 Å². The molecule has 132 valence electrons. The minimum absolute atomic E-state index is 1.21. The van der Waals surface area contributed by atoms with E-state index in [9.17, 15) is 0 Å². The average molecular weight is 333 g/mol. The van der Waals surface area contributed by atoms with E-state index in [1.54, 1.807) is 5.56 Å². The van der Waals surface area contributed by atoms with Gasteiger partial charge in [0, 0.05) is 0 Å². The molecule has 0 aromatic heterocycles. The van der Waals surface area contributed by atoms with Gasteiger partial charge in [-0.25, -0.2) is 0 Å². The van der Waals surface area contributed by atoms with Gasteiger partial charge in [0.2, 0.25) is 0 Å². The summed E-state index contributed by atoms with van der Waals surface area (Å²) in [4.78, 5) is 0. The number of unbranched alkanes of at least 4 members (excludes halogenated alkanes) is 8. The van der Waals surface area contributed by atoms with Crippen molar-refractivity contribution in [1.82, 2.24) is 0 Å². The largest absolute Gasteiger partial charge is 0.0654 e. The van der Waals surface area contributed by atoms with Crippen LogP contribution in [0.4, 0.5) is 0 Å². The van der Waals surface area contributed by atoms with Crippen LogP contribution in [0.25, 0.3) is 21.5 Å². The van der Waals surface area contributed by atoms with Crippen LogP contribution in [0.3, 0.4) is 0 Å². The van der Waals surface area contributed by atoms with Crippen LogP contribution < -0.4 is 0 Å². The van der Waals surface area contributed by atoms with E-state index in [1.807, 2.05) is 0 Å². The number of hydrogen-bond donors (Lipinski definition) is 0. The lowest BCUT2D eigenvalue weighted by atomic mass is 9.93. The third-order valence-corrected chi connectivity index (χ3v) is 5.41. The van der Waals surface area contributed by atoms with Crippen molar-refractivity contribution in [2.24, 2.45) is 0 Å². The van der Waals surface area contributed by atoms with Crippen molar-refractivity contribution < 1.29 is 0 Å². The number of aryl methyl sites for hydroxylation is 1. The van der Waals surface area contributed by atoms with E-state index < -0.39 is 0 Å². The normalized spacial score (nSPS) is 11.4. The Balaban J connectivity index is 1.59. The van der Waals surface area contributed by atoms with Crippen LogP contribution in [0.15, 0.2) is 54.6 Å². The lowest BCUT2D eigenvalue weighted by molar-refractivity contribution is 0.565. The molecule has 25 heavy (non-hydrogen) atoms. The monoisotopic (exact) mass is 332 g/mol. The topological polar surface area (TPSA) is 0 Å². The first kappa shape index (κ1) is 18.0. The molecule has 0 nitrogen and oxygen atoms in total. The van der Waals surface area contributed by atoms with Gasteiger partial charge < -0.3 is 0 Å². The average Bonchev–Trinajstić information content (AvgIpc) is 2.66. The summed E-state index contributed by atoms with van der Waals surface area (Å²) in [5, 5.41) is 5.65. The van der Waals surface area contributed by atoms with Crippen LogP contribution in [-0.4, -0.2) is 0 Å². The molecule has 0 spiro atoms. The quantitative estimate of drug-likeness (QED) is 0.260. The Morgan fingerprint density at radius 3 is 1.60 bits per heavy atom. The second kappa shape index (κ2) is 9.61. The predicted octanol–water partition coefficient (Wildman–Crippen LogP) is 8.07. The SMILES string of the molecule is CCCCCCCCCCCc1c2ccccc2cc2ccccc12. The number of hydrogen-bond acceptors (Lipinski definition) is 0. The van der Waals surface area contributed by atoms with Gasteiger partial charge in [0.25, 0.3) is 0 Å². The molecule has 0 atom stereocenters. The van der Waals surface area contributed by atoms with E-state index in [2.05, 4.69) is 61.5 Å². The predicted molar refractivity (Wildman–Crippen MR) is 112 cm³/mol. The molecule has 0 fully saturated rings. The molecule has 0 aliphatic carbocycles. The maximum absolute atomic E-state index is 2.34. The Kier molecular flexibility index (Phi) is 6.91. The van der Waals surface area contributed by atoms with Gasteiger partial charge in [-0.05, 0) is 46.0 Å². The molecule has 0 aliphatic rings. The Morgan fingerprint density at radius 2 is 1.04 bits per heavy atom. The van der Waals surface area contributed by atoms with Gasteiger partial charge in [-0.3, -0.25) is 0 Å². The van der Waals surface area contributed by atoms with Crippen LogP contribution >= 0.6 is 0 Å². The maximum atomic E-state index is 2.34. The van der Waals surface area contributed by atoms with Gasteiger partial charge in [-0.15, -0.1) is 0 Å². The molecule has 0 heterocycles. The zero-order chi connectivity index (χ0) is 17.3. The van der Waals surface area contributed by atoms with Crippen molar-refractivity contribution in [2.75, 3.05) is 0 Å². The summed E-state index contributed by atoms with van der Waals surface area (Å²) in [6, 6.07) is 20.1. The standard InChI is InChI=1S/C25H32/c1-2-3-4-5-6-7-8-9-10-19-25-23-17-13-11-15-21(23)20-22-16-12-14-18-24(22)25/h11-18,20H,2-10,19H2,1H3. The highest BCUT2D eigenvalue weighted by Gasteiger charge is 2.07. The van der Waals surface area contributed by atoms with Gasteiger partial charge in [0.1, 0.15) is 0 Å². The fourth-order valence-corrected chi connectivity index (χ4v) is 3.99. The summed E-state index contributed by atoms with van der Waals surface area (Å²) in [6.45, 7) is 2.29. The van der Waals surface area contributed by atoms with Crippen LogP contribution in [0.2, 0.25) is 0 Å². The Hall–Kier alpha value is -1.82. The summed E-state index contributed by atoms with van der Waals surface area (Å²) in [5.74, 6) is 0. The molecule has 0 aliphatic heterocycles. The van der Waals surface area contributed by atoms with Crippen molar-refractivity contribution in [2.45, 2.75) is 71.1 Å². The summed E-state index contributed by atoms with van der Waals surface area (Å²) < 4.78 is 0. The zero-order valence-electron chi connectivity index (χ0n) is 15.8. The van der Waals surface area contributed by atoms with Crippen LogP contribution in [-0.2, 0) is 6.42 Å². The third-order valence-electron chi connectivity index (χ3n) is 5.41. The highest BCUT2D eigenvalue weighted by Crippen LogP contribution is 2.29. The van der Waals surface area contributed by atoms with E-state index >= 15 is 0 Å². The van der Waals surface area contributed by atoms with E-state index in [-0.39, 0.29) is 0 Å². The molecule has 0 heteroatoms. The molecule has 0 amide bonds. The molecular weight excluding hydrogens is 300 g/mol. The van der Waals surface area contributed by atoms with Gasteiger partial charge >= 0.3 is 0 Å². The minimum Gasteiger partial charge on any atom is -0.0654 e. The lowest BCUT2D eigenvalue weighted by Gasteiger charge is -2.11. The van der Waals surface area contributed by atoms with Crippen LogP contribution in [0.1, 0.15) is 70.3 Å². The number of fused-ring (bicyclic) bond motifs is 2. The minimum atomic E-state index is 1.21. The Labute approximate surface area is 153 Å². The lowest BCUT2D eigenvalue weighted by Crippen LogP contribution is -1.91. The Morgan fingerprint density at radius 1 is 0.560 bits per heavy atom. The highest BCUT2D eigenvalue weighted by atomic mass is 14.1. The van der Waals surface area contributed by atoms with Gasteiger partial charge in [0.05, 0.1) is 0 Å². The molecule has 0 saturated heterocycles. The van der Waals surface area contributed by atoms with Crippen LogP contribution in [0, 0.1) is 0 Å². The molecule has 0 radical (unpaired) electrons. The fraction of sp³-hybridized carbons (Fsp3) is 0.440. The molecular formula is C25H32. The molecule has 0 bridgehead atoms. The van der Waals surface area contributed by atoms with Gasteiger partial charge in [-0.2, -0.15) is 0 Å². The van der Waals surface area contributed by atoms with Crippen LogP contribution in [0.5, 0.6) is 0 Å². The number of rotatable bonds is 10. The van der Waals surface area contributed by atoms with Crippen molar-refractivity contribution in [3.63, 3.8) is 0 Å². The molecule has 0 unspecified atom stereocenters. The van der Waals surface area contributed by atoms with Crippen molar-refractivity contribution in [3.8, 4) is 0 Å². The summed E-state index contributed by atoms with van der Waals surface area (Å²) in [7, 11) is 0. The summed E-state index contributed by atoms with van der Waals surface area (Å²) in [6.07, 6.45) is 13.7. The molecule has 0 N–H and O–H groups in total. The van der Waals surface area contributed by atoms with Gasteiger partial charge in [0.15, 0.2) is 0 Å². The van der Waals surface area contributed by atoms with Gasteiger partial charge in [-0.1, -0.05) is 107 Å². The fourth-order valence-electron chi connectivity index (χ4n) is 3.99. The van der Waals surface area contributed by atoms with Crippen molar-refractivity contribution >= 4 is 21.5 Å². The Bertz CT molecular complexity index is 730. The molecule has 0 saturated carbocycles. The third kappa shape index (κ3) is 4.84. The molecule has 3 aromatic carbocycles. The molecule has 3 aromatic rings. The molecule has 3 rings (SSSR count). The summed E-state index contributed by atoms with van der Waals surface area (Å²) >= 11 is 0. The first-order chi connectivity index (χ1) is 12.4. The summed E-state index contributed by atoms with van der Waals surface area (Å²) in [5.41, 5.74) is 1.55. The van der Waals surface area contributed by atoms with E-state index in [0.717, 1.165) is 0 Å². The second-order valence-electron chi connectivity index (χ2n) is 7.38. The highest BCUT2D eigenvalue weighted by molar-refractivity contribution is 6.02. The smallest absolute Gasteiger partial charge is 0.0146 e.